The van der Waals surface area contributed by atoms with Crippen molar-refractivity contribution in [1.82, 2.24) is 25.1 Å². The maximum atomic E-state index is 12.1. The van der Waals surface area contributed by atoms with Gasteiger partial charge in [0.2, 0.25) is 0 Å². The average Bonchev–Trinajstić information content (AvgIpc) is 3.08. The van der Waals surface area contributed by atoms with Crippen LogP contribution in [0.1, 0.15) is 32.1 Å². The molecule has 8 heteroatoms. The Bertz CT molecular complexity index is 639. The van der Waals surface area contributed by atoms with Gasteiger partial charge in [-0.25, -0.2) is 9.59 Å². The molecule has 2 aromatic rings. The van der Waals surface area contributed by atoms with Crippen LogP contribution in [0.5, 0.6) is 0 Å². The molecule has 3 rings (SSSR count). The van der Waals surface area contributed by atoms with Crippen molar-refractivity contribution in [1.29, 1.82) is 0 Å². The van der Waals surface area contributed by atoms with Crippen LogP contribution in [0.25, 0.3) is 5.00 Å². The highest BCUT2D eigenvalue weighted by molar-refractivity contribution is 7.12. The Morgan fingerprint density at radius 3 is 2.80 bits per heavy atom. The Morgan fingerprint density at radius 2 is 2.10 bits per heavy atom. The number of nitrogens with one attached hydrogen (secondary N) is 1. The van der Waals surface area contributed by atoms with E-state index in [2.05, 4.69) is 15.7 Å². The van der Waals surface area contributed by atoms with Crippen LogP contribution in [0.4, 0.5) is 4.79 Å². The number of tetrazole rings is 1. The van der Waals surface area contributed by atoms with Gasteiger partial charge < -0.3 is 5.32 Å². The number of carbonyl (C=O) groups is 1. The van der Waals surface area contributed by atoms with E-state index in [1.54, 1.807) is 6.07 Å². The van der Waals surface area contributed by atoms with E-state index in [4.69, 9.17) is 0 Å². The lowest BCUT2D eigenvalue weighted by molar-refractivity contribution is 0.230. The first-order chi connectivity index (χ1) is 9.75. The number of rotatable bonds is 2. The molecular weight excluding hydrogens is 278 g/mol. The van der Waals surface area contributed by atoms with Crippen LogP contribution in [-0.2, 0) is 0 Å². The van der Waals surface area contributed by atoms with Gasteiger partial charge in [0.1, 0.15) is 5.00 Å². The molecule has 1 aliphatic rings. The summed E-state index contributed by atoms with van der Waals surface area (Å²) in [7, 11) is 0. The molecule has 1 amide bonds. The number of aromatic nitrogens is 4. The molecule has 0 unspecified atom stereocenters. The second kappa shape index (κ2) is 5.58. The standard InChI is InChI=1S/C12H15N5O2S/c18-11(13-9-5-2-1-3-6-9)17-12(19)16(14-15-17)10-7-4-8-20-10/h4,7-9H,1-3,5-6H2,(H,13,18). The van der Waals surface area contributed by atoms with E-state index in [-0.39, 0.29) is 6.04 Å². The zero-order valence-electron chi connectivity index (χ0n) is 10.9. The summed E-state index contributed by atoms with van der Waals surface area (Å²) in [6.45, 7) is 0. The van der Waals surface area contributed by atoms with Crippen LogP contribution in [0.2, 0.25) is 0 Å². The summed E-state index contributed by atoms with van der Waals surface area (Å²) < 4.78 is 1.92. The molecule has 0 bridgehead atoms. The van der Waals surface area contributed by atoms with Gasteiger partial charge in [-0.2, -0.15) is 0 Å². The monoisotopic (exact) mass is 293 g/mol. The zero-order valence-corrected chi connectivity index (χ0v) is 11.7. The number of hydrogen-bond donors (Lipinski definition) is 1. The quantitative estimate of drug-likeness (QED) is 0.848. The highest BCUT2D eigenvalue weighted by Crippen LogP contribution is 2.17. The fourth-order valence-electron chi connectivity index (χ4n) is 2.39. The number of amides is 1. The third kappa shape index (κ3) is 2.51. The maximum Gasteiger partial charge on any atom is 0.378 e. The van der Waals surface area contributed by atoms with Gasteiger partial charge in [-0.05, 0) is 40.8 Å². The Labute approximate surface area is 119 Å². The second-order valence-corrected chi connectivity index (χ2v) is 5.75. The van der Waals surface area contributed by atoms with Crippen LogP contribution in [0.3, 0.4) is 0 Å². The van der Waals surface area contributed by atoms with Crippen molar-refractivity contribution in [2.75, 3.05) is 0 Å². The number of thiophene rings is 1. The smallest absolute Gasteiger partial charge is 0.333 e. The third-order valence-corrected chi connectivity index (χ3v) is 4.27. The van der Waals surface area contributed by atoms with Gasteiger partial charge in [0.05, 0.1) is 0 Å². The van der Waals surface area contributed by atoms with Crippen molar-refractivity contribution in [3.8, 4) is 5.00 Å². The first-order valence-corrected chi connectivity index (χ1v) is 7.53. The van der Waals surface area contributed by atoms with Gasteiger partial charge >= 0.3 is 11.7 Å². The Morgan fingerprint density at radius 1 is 1.30 bits per heavy atom. The molecule has 0 saturated heterocycles. The van der Waals surface area contributed by atoms with Gasteiger partial charge in [-0.3, -0.25) is 0 Å². The predicted molar refractivity (Wildman–Crippen MR) is 74.3 cm³/mol. The third-order valence-electron chi connectivity index (χ3n) is 3.42. The lowest BCUT2D eigenvalue weighted by Gasteiger charge is -2.21. The van der Waals surface area contributed by atoms with Crippen LogP contribution < -0.4 is 11.0 Å². The summed E-state index contributed by atoms with van der Waals surface area (Å²) in [5, 5.41) is 12.7. The molecule has 0 aromatic carbocycles. The lowest BCUT2D eigenvalue weighted by atomic mass is 9.96. The molecular formula is C12H15N5O2S. The Balaban J connectivity index is 1.77. The van der Waals surface area contributed by atoms with E-state index in [1.165, 1.54) is 17.8 Å². The highest BCUT2D eigenvalue weighted by Gasteiger charge is 2.20. The minimum absolute atomic E-state index is 0.134. The van der Waals surface area contributed by atoms with Crippen molar-refractivity contribution >= 4 is 17.4 Å². The molecule has 1 fully saturated rings. The molecule has 1 aliphatic carbocycles. The molecule has 1 saturated carbocycles. The van der Waals surface area contributed by atoms with Gasteiger partial charge in [-0.1, -0.05) is 19.3 Å². The van der Waals surface area contributed by atoms with Crippen molar-refractivity contribution in [2.24, 2.45) is 0 Å². The topological polar surface area (TPSA) is 81.8 Å². The van der Waals surface area contributed by atoms with E-state index in [0.717, 1.165) is 35.0 Å². The minimum atomic E-state index is -0.541. The van der Waals surface area contributed by atoms with Crippen molar-refractivity contribution in [2.45, 2.75) is 38.1 Å². The van der Waals surface area contributed by atoms with Crippen LogP contribution in [0, 0.1) is 0 Å². The summed E-state index contributed by atoms with van der Waals surface area (Å²) in [4.78, 5) is 24.2. The van der Waals surface area contributed by atoms with E-state index >= 15 is 0 Å². The highest BCUT2D eigenvalue weighted by atomic mass is 32.1. The maximum absolute atomic E-state index is 12.1. The summed E-state index contributed by atoms with van der Waals surface area (Å²) >= 11 is 1.37. The Kier molecular flexibility index (Phi) is 3.64. The normalized spacial score (nSPS) is 16.2. The van der Waals surface area contributed by atoms with E-state index in [9.17, 15) is 9.59 Å². The van der Waals surface area contributed by atoms with Crippen LogP contribution in [-0.4, -0.2) is 31.9 Å². The molecule has 106 valence electrons. The second-order valence-electron chi connectivity index (χ2n) is 4.82. The van der Waals surface area contributed by atoms with Gasteiger partial charge in [0.25, 0.3) is 0 Å². The Hall–Kier alpha value is -1.96. The van der Waals surface area contributed by atoms with Crippen LogP contribution >= 0.6 is 11.3 Å². The van der Waals surface area contributed by atoms with E-state index in [1.807, 2.05) is 11.4 Å². The summed E-state index contributed by atoms with van der Waals surface area (Å²) in [6.07, 6.45) is 5.35. The molecule has 0 atom stereocenters. The summed E-state index contributed by atoms with van der Waals surface area (Å²) in [5.74, 6) is 0. The molecule has 0 spiro atoms. The van der Waals surface area contributed by atoms with Gasteiger partial charge in [0.15, 0.2) is 0 Å². The molecule has 0 radical (unpaired) electrons. The zero-order chi connectivity index (χ0) is 13.9. The average molecular weight is 293 g/mol. The molecule has 7 nitrogen and oxygen atoms in total. The summed E-state index contributed by atoms with van der Waals surface area (Å²) in [6, 6.07) is 3.21. The lowest BCUT2D eigenvalue weighted by Crippen LogP contribution is -2.43. The molecule has 2 aromatic heterocycles. The fraction of sp³-hybridized carbons (Fsp3) is 0.500. The SMILES string of the molecule is O=C(NC1CCCCC1)n1nnn(-c2cccs2)c1=O. The molecule has 20 heavy (non-hydrogen) atoms. The number of nitrogens with zero attached hydrogens (tertiary/aromatic N) is 4. The van der Waals surface area contributed by atoms with Crippen molar-refractivity contribution < 1.29 is 4.79 Å². The van der Waals surface area contributed by atoms with Crippen molar-refractivity contribution in [3.05, 3.63) is 28.0 Å². The molecule has 0 aliphatic heterocycles. The minimum Gasteiger partial charge on any atom is -0.333 e. The van der Waals surface area contributed by atoms with Gasteiger partial charge in [0, 0.05) is 6.04 Å². The number of carbonyl (C=O) groups excluding carboxylic acids is 1. The first kappa shape index (κ1) is 13.0. The molecule has 1 N–H and O–H groups in total. The van der Waals surface area contributed by atoms with Gasteiger partial charge in [-0.15, -0.1) is 20.7 Å². The van der Waals surface area contributed by atoms with Crippen molar-refractivity contribution in [3.63, 3.8) is 0 Å². The largest absolute Gasteiger partial charge is 0.378 e. The van der Waals surface area contributed by atoms with E-state index in [0.29, 0.717) is 5.00 Å². The summed E-state index contributed by atoms with van der Waals surface area (Å²) in [5.41, 5.74) is -0.541. The molecule has 2 heterocycles. The predicted octanol–water partition coefficient (Wildman–Crippen LogP) is 1.38. The van der Waals surface area contributed by atoms with Crippen LogP contribution in [0.15, 0.2) is 22.3 Å². The fourth-order valence-corrected chi connectivity index (χ4v) is 3.05. The van der Waals surface area contributed by atoms with E-state index < -0.39 is 11.7 Å². The number of hydrogen-bond acceptors (Lipinski definition) is 5. The first-order valence-electron chi connectivity index (χ1n) is 6.65.